The SMILES string of the molecule is Cc1nn(Cc2ccccc2)c(C)c1CN=C(N)Nc1ccc(OC(F)(F)F)cc1. The maximum absolute atomic E-state index is 12.2. The number of rotatable bonds is 6. The topological polar surface area (TPSA) is 77.5 Å². The molecule has 3 N–H and O–H groups in total. The number of hydrogen-bond acceptors (Lipinski definition) is 3. The van der Waals surface area contributed by atoms with E-state index in [-0.39, 0.29) is 11.7 Å². The highest BCUT2D eigenvalue weighted by Crippen LogP contribution is 2.24. The van der Waals surface area contributed by atoms with Crippen LogP contribution in [0.5, 0.6) is 5.75 Å². The summed E-state index contributed by atoms with van der Waals surface area (Å²) in [4.78, 5) is 4.33. The van der Waals surface area contributed by atoms with Crippen molar-refractivity contribution in [1.29, 1.82) is 0 Å². The van der Waals surface area contributed by atoms with Crippen molar-refractivity contribution in [3.8, 4) is 5.75 Å². The van der Waals surface area contributed by atoms with E-state index in [2.05, 4.69) is 20.1 Å². The van der Waals surface area contributed by atoms with Gasteiger partial charge in [-0.1, -0.05) is 30.3 Å². The molecule has 1 aromatic heterocycles. The van der Waals surface area contributed by atoms with Crippen molar-refractivity contribution in [2.45, 2.75) is 33.3 Å². The zero-order valence-electron chi connectivity index (χ0n) is 16.6. The second kappa shape index (κ2) is 8.89. The van der Waals surface area contributed by atoms with Crippen LogP contribution in [-0.2, 0) is 13.1 Å². The second-order valence-corrected chi connectivity index (χ2v) is 6.69. The molecule has 0 aliphatic rings. The highest BCUT2D eigenvalue weighted by molar-refractivity contribution is 5.92. The lowest BCUT2D eigenvalue weighted by molar-refractivity contribution is -0.274. The van der Waals surface area contributed by atoms with E-state index in [1.165, 1.54) is 24.3 Å². The molecule has 6 nitrogen and oxygen atoms in total. The quantitative estimate of drug-likeness (QED) is 0.461. The molecule has 0 aliphatic heterocycles. The Bertz CT molecular complexity index is 1010. The molecule has 3 aromatic rings. The molecule has 3 rings (SSSR count). The fourth-order valence-corrected chi connectivity index (χ4v) is 2.96. The van der Waals surface area contributed by atoms with E-state index in [0.717, 1.165) is 22.5 Å². The van der Waals surface area contributed by atoms with Gasteiger partial charge in [-0.2, -0.15) is 5.10 Å². The van der Waals surface area contributed by atoms with Gasteiger partial charge in [-0.25, -0.2) is 4.99 Å². The van der Waals surface area contributed by atoms with E-state index in [4.69, 9.17) is 5.73 Å². The van der Waals surface area contributed by atoms with Crippen molar-refractivity contribution < 1.29 is 17.9 Å². The Balaban J connectivity index is 1.64. The molecule has 9 heteroatoms. The summed E-state index contributed by atoms with van der Waals surface area (Å²) in [5.74, 6) is -0.158. The summed E-state index contributed by atoms with van der Waals surface area (Å²) >= 11 is 0. The number of alkyl halides is 3. The number of halogens is 3. The largest absolute Gasteiger partial charge is 0.573 e. The Morgan fingerprint density at radius 3 is 2.40 bits per heavy atom. The number of nitrogens with one attached hydrogen (secondary N) is 1. The Kier molecular flexibility index (Phi) is 6.29. The van der Waals surface area contributed by atoms with Crippen molar-refractivity contribution in [3.63, 3.8) is 0 Å². The van der Waals surface area contributed by atoms with Gasteiger partial charge in [0.25, 0.3) is 0 Å². The Labute approximate surface area is 172 Å². The monoisotopic (exact) mass is 417 g/mol. The third-order valence-corrected chi connectivity index (χ3v) is 4.47. The number of guanidine groups is 1. The minimum atomic E-state index is -4.73. The summed E-state index contributed by atoms with van der Waals surface area (Å²) in [5, 5.41) is 7.44. The molecule has 0 saturated heterocycles. The molecular weight excluding hydrogens is 395 g/mol. The Morgan fingerprint density at radius 1 is 1.10 bits per heavy atom. The second-order valence-electron chi connectivity index (χ2n) is 6.69. The lowest BCUT2D eigenvalue weighted by Gasteiger charge is -2.10. The first kappa shape index (κ1) is 21.2. The highest BCUT2D eigenvalue weighted by Gasteiger charge is 2.30. The van der Waals surface area contributed by atoms with Gasteiger partial charge in [-0.05, 0) is 43.7 Å². The normalized spacial score (nSPS) is 12.1. The number of aromatic nitrogens is 2. The minimum absolute atomic E-state index is 0.147. The molecule has 158 valence electrons. The molecule has 0 amide bonds. The molecule has 0 aliphatic carbocycles. The molecule has 30 heavy (non-hydrogen) atoms. The third kappa shape index (κ3) is 5.76. The fraction of sp³-hybridized carbons (Fsp3) is 0.238. The molecule has 0 atom stereocenters. The summed E-state index contributed by atoms with van der Waals surface area (Å²) < 4.78 is 42.4. The Morgan fingerprint density at radius 2 is 1.77 bits per heavy atom. The zero-order valence-corrected chi connectivity index (χ0v) is 16.6. The van der Waals surface area contributed by atoms with Gasteiger partial charge in [0.1, 0.15) is 5.75 Å². The molecule has 0 saturated carbocycles. The predicted molar refractivity (Wildman–Crippen MR) is 109 cm³/mol. The van der Waals surface area contributed by atoms with Crippen LogP contribution in [0, 0.1) is 13.8 Å². The van der Waals surface area contributed by atoms with Crippen LogP contribution in [0.4, 0.5) is 18.9 Å². The average Bonchev–Trinajstić information content (AvgIpc) is 2.94. The van der Waals surface area contributed by atoms with E-state index in [1.54, 1.807) is 0 Å². The van der Waals surface area contributed by atoms with Crippen molar-refractivity contribution in [2.24, 2.45) is 10.7 Å². The van der Waals surface area contributed by atoms with Gasteiger partial charge < -0.3 is 15.8 Å². The number of anilines is 1. The van der Waals surface area contributed by atoms with Crippen LogP contribution in [0.25, 0.3) is 0 Å². The molecule has 1 heterocycles. The Hall–Kier alpha value is -3.49. The van der Waals surface area contributed by atoms with Crippen LogP contribution in [0.2, 0.25) is 0 Å². The zero-order chi connectivity index (χ0) is 21.7. The van der Waals surface area contributed by atoms with Crippen LogP contribution in [0.3, 0.4) is 0 Å². The summed E-state index contributed by atoms with van der Waals surface area (Å²) in [6.07, 6.45) is -4.73. The van der Waals surface area contributed by atoms with Gasteiger partial charge in [0.2, 0.25) is 0 Å². The van der Waals surface area contributed by atoms with Crippen molar-refractivity contribution in [3.05, 3.63) is 77.1 Å². The number of hydrogen-bond donors (Lipinski definition) is 2. The van der Waals surface area contributed by atoms with Gasteiger partial charge in [-0.15, -0.1) is 13.2 Å². The summed E-state index contributed by atoms with van der Waals surface area (Å²) in [7, 11) is 0. The highest BCUT2D eigenvalue weighted by atomic mass is 19.4. The summed E-state index contributed by atoms with van der Waals surface area (Å²) in [5.41, 5.74) is 10.4. The van der Waals surface area contributed by atoms with Crippen LogP contribution < -0.4 is 15.8 Å². The van der Waals surface area contributed by atoms with Gasteiger partial charge in [-0.3, -0.25) is 4.68 Å². The standard InChI is InChI=1S/C21H22F3N5O/c1-14-19(15(2)29(28-14)13-16-6-4-3-5-7-16)12-26-20(25)27-17-8-10-18(11-9-17)30-21(22,23)24/h3-11H,12-13H2,1-2H3,(H3,25,26,27). The van der Waals surface area contributed by atoms with E-state index in [1.807, 2.05) is 48.9 Å². The fourth-order valence-electron chi connectivity index (χ4n) is 2.96. The maximum atomic E-state index is 12.2. The van der Waals surface area contributed by atoms with E-state index >= 15 is 0 Å². The van der Waals surface area contributed by atoms with Gasteiger partial charge in [0.05, 0.1) is 18.8 Å². The average molecular weight is 417 g/mol. The summed E-state index contributed by atoms with van der Waals surface area (Å²) in [6.45, 7) is 4.90. The number of nitrogens with two attached hydrogens (primary N) is 1. The molecule has 0 fully saturated rings. The van der Waals surface area contributed by atoms with Crippen LogP contribution in [-0.4, -0.2) is 22.1 Å². The molecule has 2 aromatic carbocycles. The van der Waals surface area contributed by atoms with E-state index < -0.39 is 6.36 Å². The smallest absolute Gasteiger partial charge is 0.406 e. The number of nitrogens with zero attached hydrogens (tertiary/aromatic N) is 3. The predicted octanol–water partition coefficient (Wildman–Crippen LogP) is 4.37. The van der Waals surface area contributed by atoms with E-state index in [0.29, 0.717) is 18.8 Å². The number of aryl methyl sites for hydroxylation is 1. The van der Waals surface area contributed by atoms with Crippen LogP contribution in [0.15, 0.2) is 59.6 Å². The lowest BCUT2D eigenvalue weighted by Crippen LogP contribution is -2.22. The number of aliphatic imine (C=N–C) groups is 1. The van der Waals surface area contributed by atoms with Gasteiger partial charge >= 0.3 is 6.36 Å². The van der Waals surface area contributed by atoms with Crippen molar-refractivity contribution in [1.82, 2.24) is 9.78 Å². The number of benzene rings is 2. The van der Waals surface area contributed by atoms with Gasteiger partial charge in [0, 0.05) is 16.9 Å². The lowest BCUT2D eigenvalue weighted by atomic mass is 10.2. The molecule has 0 bridgehead atoms. The maximum Gasteiger partial charge on any atom is 0.573 e. The van der Waals surface area contributed by atoms with Crippen molar-refractivity contribution in [2.75, 3.05) is 5.32 Å². The minimum Gasteiger partial charge on any atom is -0.406 e. The number of ether oxygens (including phenoxy) is 1. The molecular formula is C21H22F3N5O. The third-order valence-electron chi connectivity index (χ3n) is 4.47. The molecule has 0 spiro atoms. The first-order chi connectivity index (χ1) is 14.2. The van der Waals surface area contributed by atoms with Gasteiger partial charge in [0.15, 0.2) is 5.96 Å². The summed E-state index contributed by atoms with van der Waals surface area (Å²) in [6, 6.07) is 15.3. The van der Waals surface area contributed by atoms with E-state index in [9.17, 15) is 13.2 Å². The van der Waals surface area contributed by atoms with Crippen LogP contribution in [0.1, 0.15) is 22.5 Å². The first-order valence-electron chi connectivity index (χ1n) is 9.21. The van der Waals surface area contributed by atoms with Crippen LogP contribution >= 0.6 is 0 Å². The molecule has 0 unspecified atom stereocenters. The molecule has 0 radical (unpaired) electrons. The van der Waals surface area contributed by atoms with Crippen molar-refractivity contribution >= 4 is 11.6 Å². The first-order valence-corrected chi connectivity index (χ1v) is 9.21.